The van der Waals surface area contributed by atoms with E-state index in [1.165, 1.54) is 17.5 Å². The first kappa shape index (κ1) is 18.0. The van der Waals surface area contributed by atoms with Gasteiger partial charge < -0.3 is 14.8 Å². The Morgan fingerprint density at radius 1 is 0.962 bits per heavy atom. The number of hydrogen-bond donors (Lipinski definition) is 1. The third-order valence-corrected chi connectivity index (χ3v) is 4.35. The van der Waals surface area contributed by atoms with Gasteiger partial charge in [0, 0.05) is 0 Å². The normalized spacial score (nSPS) is 12.8. The predicted octanol–water partition coefficient (Wildman–Crippen LogP) is 2.92. The summed E-state index contributed by atoms with van der Waals surface area (Å²) < 4.78 is 10.6. The standard InChI is InChI=1S/C21H23NO4/c23-20(22-12-13-25-19-8-2-1-3-9-19)15-26-21(24)18-11-10-16-6-4-5-7-17(16)14-18/h1-3,8-11,14H,4-7,12-13,15H2,(H,22,23). The van der Waals surface area contributed by atoms with Crippen LogP contribution in [-0.2, 0) is 22.4 Å². The highest BCUT2D eigenvalue weighted by Gasteiger charge is 2.14. The molecule has 1 N–H and O–H groups in total. The Kier molecular flexibility index (Phi) is 6.25. The van der Waals surface area contributed by atoms with Crippen molar-refractivity contribution >= 4 is 11.9 Å². The lowest BCUT2D eigenvalue weighted by Gasteiger charge is -2.16. The van der Waals surface area contributed by atoms with Crippen molar-refractivity contribution in [2.45, 2.75) is 25.7 Å². The molecule has 0 heterocycles. The number of rotatable bonds is 7. The van der Waals surface area contributed by atoms with Crippen LogP contribution in [0, 0.1) is 0 Å². The highest BCUT2D eigenvalue weighted by Crippen LogP contribution is 2.22. The summed E-state index contributed by atoms with van der Waals surface area (Å²) >= 11 is 0. The fraction of sp³-hybridized carbons (Fsp3) is 0.333. The molecule has 26 heavy (non-hydrogen) atoms. The fourth-order valence-electron chi connectivity index (χ4n) is 3.00. The lowest BCUT2D eigenvalue weighted by Crippen LogP contribution is -2.32. The molecule has 1 amide bonds. The number of nitrogens with one attached hydrogen (secondary N) is 1. The molecular weight excluding hydrogens is 330 g/mol. The van der Waals surface area contributed by atoms with Crippen LogP contribution in [0.25, 0.3) is 0 Å². The van der Waals surface area contributed by atoms with Crippen LogP contribution >= 0.6 is 0 Å². The van der Waals surface area contributed by atoms with Crippen LogP contribution in [0.2, 0.25) is 0 Å². The van der Waals surface area contributed by atoms with Gasteiger partial charge in [0.05, 0.1) is 12.1 Å². The molecule has 0 unspecified atom stereocenters. The van der Waals surface area contributed by atoms with E-state index in [1.54, 1.807) is 6.07 Å². The zero-order valence-corrected chi connectivity index (χ0v) is 14.7. The zero-order chi connectivity index (χ0) is 18.2. The average molecular weight is 353 g/mol. The van der Waals surface area contributed by atoms with E-state index in [4.69, 9.17) is 9.47 Å². The smallest absolute Gasteiger partial charge is 0.338 e. The molecule has 1 aliphatic carbocycles. The van der Waals surface area contributed by atoms with E-state index in [-0.39, 0.29) is 12.5 Å². The number of para-hydroxylation sites is 1. The van der Waals surface area contributed by atoms with Gasteiger partial charge in [0.15, 0.2) is 6.61 Å². The molecule has 0 fully saturated rings. The predicted molar refractivity (Wildman–Crippen MR) is 98.3 cm³/mol. The summed E-state index contributed by atoms with van der Waals surface area (Å²) in [5.74, 6) is -0.0531. The minimum atomic E-state index is -0.464. The van der Waals surface area contributed by atoms with Crippen LogP contribution in [0.3, 0.4) is 0 Å². The van der Waals surface area contributed by atoms with Crippen molar-refractivity contribution in [2.24, 2.45) is 0 Å². The van der Waals surface area contributed by atoms with Crippen molar-refractivity contribution in [1.29, 1.82) is 0 Å². The van der Waals surface area contributed by atoms with E-state index < -0.39 is 5.97 Å². The van der Waals surface area contributed by atoms with Gasteiger partial charge in [-0.1, -0.05) is 24.3 Å². The van der Waals surface area contributed by atoms with E-state index in [9.17, 15) is 9.59 Å². The van der Waals surface area contributed by atoms with Crippen molar-refractivity contribution in [3.05, 3.63) is 65.2 Å². The summed E-state index contributed by atoms with van der Waals surface area (Å²) in [5.41, 5.74) is 3.03. The Balaban J connectivity index is 1.38. The highest BCUT2D eigenvalue weighted by molar-refractivity contribution is 5.91. The van der Waals surface area contributed by atoms with Gasteiger partial charge in [-0.15, -0.1) is 0 Å². The Hall–Kier alpha value is -2.82. The minimum absolute atomic E-state index is 0.290. The number of carbonyl (C=O) groups is 2. The van der Waals surface area contributed by atoms with Crippen molar-refractivity contribution in [3.63, 3.8) is 0 Å². The van der Waals surface area contributed by atoms with Crippen molar-refractivity contribution in [1.82, 2.24) is 5.32 Å². The molecule has 0 atom stereocenters. The first-order valence-corrected chi connectivity index (χ1v) is 8.96. The summed E-state index contributed by atoms with van der Waals surface area (Å²) in [7, 11) is 0. The van der Waals surface area contributed by atoms with Crippen LogP contribution in [0.5, 0.6) is 5.75 Å². The van der Waals surface area contributed by atoms with Crippen molar-refractivity contribution in [2.75, 3.05) is 19.8 Å². The maximum atomic E-state index is 12.1. The van der Waals surface area contributed by atoms with Gasteiger partial charge >= 0.3 is 5.97 Å². The first-order chi connectivity index (χ1) is 12.7. The van der Waals surface area contributed by atoms with E-state index >= 15 is 0 Å². The molecule has 0 radical (unpaired) electrons. The molecule has 0 saturated carbocycles. The Morgan fingerprint density at radius 3 is 2.54 bits per heavy atom. The van der Waals surface area contributed by atoms with E-state index in [0.717, 1.165) is 25.0 Å². The maximum absolute atomic E-state index is 12.1. The molecule has 0 bridgehead atoms. The number of aryl methyl sites for hydroxylation is 2. The molecule has 5 heteroatoms. The Bertz CT molecular complexity index is 758. The molecule has 2 aromatic rings. The topological polar surface area (TPSA) is 64.6 Å². The van der Waals surface area contributed by atoms with Crippen LogP contribution in [0.1, 0.15) is 34.3 Å². The van der Waals surface area contributed by atoms with Gasteiger partial charge in [-0.3, -0.25) is 4.79 Å². The van der Waals surface area contributed by atoms with Gasteiger partial charge in [-0.25, -0.2) is 4.79 Å². The summed E-state index contributed by atoms with van der Waals surface area (Å²) in [5, 5.41) is 2.67. The molecule has 0 aromatic heterocycles. The van der Waals surface area contributed by atoms with Crippen molar-refractivity contribution in [3.8, 4) is 5.75 Å². The third kappa shape index (κ3) is 5.09. The van der Waals surface area contributed by atoms with Crippen LogP contribution in [0.4, 0.5) is 0 Å². The molecule has 136 valence electrons. The molecule has 1 aliphatic rings. The quantitative estimate of drug-likeness (QED) is 0.614. The highest BCUT2D eigenvalue weighted by atomic mass is 16.5. The molecule has 0 spiro atoms. The monoisotopic (exact) mass is 353 g/mol. The number of amides is 1. The van der Waals surface area contributed by atoms with Crippen LogP contribution in [-0.4, -0.2) is 31.6 Å². The number of esters is 1. The van der Waals surface area contributed by atoms with E-state index in [0.29, 0.717) is 18.7 Å². The largest absolute Gasteiger partial charge is 0.492 e. The lowest BCUT2D eigenvalue weighted by molar-refractivity contribution is -0.124. The van der Waals surface area contributed by atoms with E-state index in [2.05, 4.69) is 5.32 Å². The Labute approximate surface area is 153 Å². The molecule has 3 rings (SSSR count). The van der Waals surface area contributed by atoms with Gasteiger partial charge in [0.2, 0.25) is 0 Å². The first-order valence-electron chi connectivity index (χ1n) is 8.96. The lowest BCUT2D eigenvalue weighted by atomic mass is 9.90. The van der Waals surface area contributed by atoms with Gasteiger partial charge in [0.25, 0.3) is 5.91 Å². The SMILES string of the molecule is O=C(COC(=O)c1ccc2c(c1)CCCC2)NCCOc1ccccc1. The second-order valence-electron chi connectivity index (χ2n) is 6.28. The molecular formula is C21H23NO4. The van der Waals surface area contributed by atoms with Crippen LogP contribution in [0.15, 0.2) is 48.5 Å². The summed E-state index contributed by atoms with van der Waals surface area (Å²) in [6.07, 6.45) is 4.42. The fourth-order valence-corrected chi connectivity index (χ4v) is 3.00. The maximum Gasteiger partial charge on any atom is 0.338 e. The van der Waals surface area contributed by atoms with Gasteiger partial charge in [-0.05, 0) is 61.1 Å². The van der Waals surface area contributed by atoms with E-state index in [1.807, 2.05) is 42.5 Å². The second-order valence-corrected chi connectivity index (χ2v) is 6.28. The number of hydrogen-bond acceptors (Lipinski definition) is 4. The zero-order valence-electron chi connectivity index (χ0n) is 14.7. The number of fused-ring (bicyclic) bond motifs is 1. The number of ether oxygens (including phenoxy) is 2. The molecule has 2 aromatic carbocycles. The Morgan fingerprint density at radius 2 is 1.73 bits per heavy atom. The van der Waals surface area contributed by atoms with Gasteiger partial charge in [-0.2, -0.15) is 0 Å². The molecule has 0 aliphatic heterocycles. The number of benzene rings is 2. The average Bonchev–Trinajstić information content (AvgIpc) is 2.70. The summed E-state index contributed by atoms with van der Waals surface area (Å²) in [4.78, 5) is 23.9. The molecule has 5 nitrogen and oxygen atoms in total. The third-order valence-electron chi connectivity index (χ3n) is 4.35. The number of carbonyl (C=O) groups excluding carboxylic acids is 2. The van der Waals surface area contributed by atoms with Crippen molar-refractivity contribution < 1.29 is 19.1 Å². The minimum Gasteiger partial charge on any atom is -0.492 e. The molecule has 0 saturated heterocycles. The van der Waals surface area contributed by atoms with Gasteiger partial charge in [0.1, 0.15) is 12.4 Å². The summed E-state index contributed by atoms with van der Waals surface area (Å²) in [6.45, 7) is 0.417. The summed E-state index contributed by atoms with van der Waals surface area (Å²) in [6, 6.07) is 15.0. The second kappa shape index (κ2) is 9.04. The van der Waals surface area contributed by atoms with Crippen LogP contribution < -0.4 is 10.1 Å².